The zero-order chi connectivity index (χ0) is 16.7. The first kappa shape index (κ1) is 17.1. The summed E-state index contributed by atoms with van der Waals surface area (Å²) in [6, 6.07) is 4.72. The van der Waals surface area contributed by atoms with Gasteiger partial charge in [-0.2, -0.15) is 10.2 Å². The molecule has 0 spiro atoms. The van der Waals surface area contributed by atoms with Gasteiger partial charge in [-0.25, -0.2) is 0 Å². The number of oxazole rings is 1. The van der Waals surface area contributed by atoms with E-state index < -0.39 is 7.59 Å². The van der Waals surface area contributed by atoms with Crippen LogP contribution < -0.4 is 15.7 Å². The van der Waals surface area contributed by atoms with Crippen molar-refractivity contribution < 1.29 is 8.98 Å². The van der Waals surface area contributed by atoms with Gasteiger partial charge in [-0.3, -0.25) is 20.2 Å². The molecule has 0 atom stereocenters. The molecule has 0 saturated carbocycles. The van der Waals surface area contributed by atoms with Crippen molar-refractivity contribution in [3.8, 4) is 17.5 Å². The Hall–Kier alpha value is -1.26. The molecule has 22 heavy (non-hydrogen) atoms. The smallest absolute Gasteiger partial charge is 0.302 e. The van der Waals surface area contributed by atoms with Crippen LogP contribution in [0.1, 0.15) is 5.69 Å². The van der Waals surface area contributed by atoms with Crippen molar-refractivity contribution in [3.63, 3.8) is 0 Å². The molecule has 0 radical (unpaired) electrons. The predicted molar refractivity (Wildman–Crippen MR) is 86.1 cm³/mol. The molecule has 0 bridgehead atoms. The molecule has 2 aromatic rings. The first-order valence-corrected chi connectivity index (χ1v) is 8.55. The Balaban J connectivity index is 2.64. The van der Waals surface area contributed by atoms with Crippen LogP contribution in [0.25, 0.3) is 11.5 Å². The minimum Gasteiger partial charge on any atom is -0.419 e. The lowest BCUT2D eigenvalue weighted by Crippen LogP contribution is -2.24. The van der Waals surface area contributed by atoms with Crippen LogP contribution in [0.5, 0.6) is 0 Å². The van der Waals surface area contributed by atoms with Crippen LogP contribution in [-0.2, 0) is 4.57 Å². The van der Waals surface area contributed by atoms with E-state index >= 15 is 0 Å². The maximum Gasteiger partial charge on any atom is 0.302 e. The summed E-state index contributed by atoms with van der Waals surface area (Å²) in [5, 5.41) is 9.76. The van der Waals surface area contributed by atoms with Gasteiger partial charge in [0, 0.05) is 12.1 Å². The SMILES string of the molecule is CN(c1oc(-c2cc(Cl)cc(Cl)c2Cl)nc1C#N)P(N)(N)=O. The van der Waals surface area contributed by atoms with E-state index in [0.717, 1.165) is 4.67 Å². The fourth-order valence-corrected chi connectivity index (χ4v) is 2.68. The van der Waals surface area contributed by atoms with Crippen LogP contribution in [0, 0.1) is 11.3 Å². The molecule has 116 valence electrons. The van der Waals surface area contributed by atoms with Crippen molar-refractivity contribution in [2.24, 2.45) is 11.0 Å². The van der Waals surface area contributed by atoms with Gasteiger partial charge in [-0.05, 0) is 12.1 Å². The lowest BCUT2D eigenvalue weighted by Gasteiger charge is -2.19. The number of anilines is 1. The van der Waals surface area contributed by atoms with E-state index in [1.807, 2.05) is 0 Å². The summed E-state index contributed by atoms with van der Waals surface area (Å²) < 4.78 is 18.1. The third-order valence-corrected chi connectivity index (χ3v) is 4.84. The molecule has 0 fully saturated rings. The fourth-order valence-electron chi connectivity index (χ4n) is 1.57. The predicted octanol–water partition coefficient (Wildman–Crippen LogP) is 3.64. The van der Waals surface area contributed by atoms with Crippen molar-refractivity contribution in [2.75, 3.05) is 11.7 Å². The molecule has 0 amide bonds. The van der Waals surface area contributed by atoms with E-state index in [1.165, 1.54) is 19.2 Å². The van der Waals surface area contributed by atoms with E-state index in [0.29, 0.717) is 5.02 Å². The van der Waals surface area contributed by atoms with Gasteiger partial charge in [-0.1, -0.05) is 34.8 Å². The summed E-state index contributed by atoms with van der Waals surface area (Å²) in [5.74, 6) is -0.167. The van der Waals surface area contributed by atoms with Gasteiger partial charge in [-0.15, -0.1) is 0 Å². The zero-order valence-corrected chi connectivity index (χ0v) is 14.2. The Labute approximate surface area is 140 Å². The molecular formula is C11H9Cl3N5O2P. The number of aromatic nitrogens is 1. The highest BCUT2D eigenvalue weighted by Crippen LogP contribution is 2.42. The van der Waals surface area contributed by atoms with Crippen LogP contribution in [0.3, 0.4) is 0 Å². The zero-order valence-electron chi connectivity index (χ0n) is 11.0. The number of nitriles is 1. The number of nitrogens with zero attached hydrogens (tertiary/aromatic N) is 3. The van der Waals surface area contributed by atoms with Gasteiger partial charge in [0.15, 0.2) is 0 Å². The maximum atomic E-state index is 11.7. The van der Waals surface area contributed by atoms with Crippen molar-refractivity contribution in [2.45, 2.75) is 0 Å². The average molecular weight is 381 g/mol. The first-order chi connectivity index (χ1) is 10.1. The van der Waals surface area contributed by atoms with Crippen molar-refractivity contribution >= 4 is 48.3 Å². The topological polar surface area (TPSA) is 122 Å². The minimum absolute atomic E-state index is 0.0266. The fraction of sp³-hybridized carbons (Fsp3) is 0.0909. The van der Waals surface area contributed by atoms with Gasteiger partial charge in [0.2, 0.25) is 17.5 Å². The van der Waals surface area contributed by atoms with E-state index in [-0.39, 0.29) is 33.1 Å². The van der Waals surface area contributed by atoms with E-state index in [9.17, 15) is 4.57 Å². The van der Waals surface area contributed by atoms with Gasteiger partial charge in [0.1, 0.15) is 6.07 Å². The molecule has 1 aromatic heterocycles. The summed E-state index contributed by atoms with van der Waals surface area (Å²) in [5.41, 5.74) is 10.8. The maximum absolute atomic E-state index is 11.7. The molecule has 0 aliphatic rings. The highest BCUT2D eigenvalue weighted by atomic mass is 35.5. The summed E-state index contributed by atoms with van der Waals surface area (Å²) in [7, 11) is -2.35. The standard InChI is InChI=1S/C11H9Cl3N5O2P/c1-19(22(16,17)20)11-8(4-15)18-10(21-11)6-2-5(12)3-7(13)9(6)14/h2-3H,1H3,(H4,16,17,20). The second-order valence-electron chi connectivity index (χ2n) is 4.23. The third kappa shape index (κ3) is 3.23. The Morgan fingerprint density at radius 3 is 2.55 bits per heavy atom. The second-order valence-corrected chi connectivity index (χ2v) is 7.40. The molecule has 0 aliphatic heterocycles. The van der Waals surface area contributed by atoms with E-state index in [4.69, 9.17) is 55.5 Å². The molecule has 0 aliphatic carbocycles. The van der Waals surface area contributed by atoms with Crippen molar-refractivity contribution in [1.82, 2.24) is 4.98 Å². The lowest BCUT2D eigenvalue weighted by atomic mass is 10.2. The highest BCUT2D eigenvalue weighted by molar-refractivity contribution is 7.60. The van der Waals surface area contributed by atoms with Crippen molar-refractivity contribution in [1.29, 1.82) is 5.26 Å². The third-order valence-electron chi connectivity index (χ3n) is 2.70. The van der Waals surface area contributed by atoms with Gasteiger partial charge in [0.25, 0.3) is 0 Å². The lowest BCUT2D eigenvalue weighted by molar-refractivity contribution is 0.557. The van der Waals surface area contributed by atoms with Gasteiger partial charge >= 0.3 is 7.59 Å². The summed E-state index contributed by atoms with van der Waals surface area (Å²) >= 11 is 17.9. The molecule has 7 nitrogen and oxygen atoms in total. The first-order valence-electron chi connectivity index (χ1n) is 5.62. The molecule has 11 heteroatoms. The summed E-state index contributed by atoms with van der Waals surface area (Å²) in [4.78, 5) is 3.97. The largest absolute Gasteiger partial charge is 0.419 e. The Kier molecular flexibility index (Phi) is 4.73. The molecule has 1 aromatic carbocycles. The Bertz CT molecular complexity index is 826. The molecule has 0 saturated heterocycles. The molecule has 1 heterocycles. The normalized spacial score (nSPS) is 11.3. The Morgan fingerprint density at radius 1 is 1.36 bits per heavy atom. The van der Waals surface area contributed by atoms with Crippen molar-refractivity contribution in [3.05, 3.63) is 32.9 Å². The van der Waals surface area contributed by atoms with E-state index in [1.54, 1.807) is 6.07 Å². The number of rotatable bonds is 3. The Morgan fingerprint density at radius 2 is 2.00 bits per heavy atom. The number of nitrogens with two attached hydrogens (primary N) is 2. The van der Waals surface area contributed by atoms with Gasteiger partial charge < -0.3 is 4.42 Å². The average Bonchev–Trinajstić information content (AvgIpc) is 2.84. The highest BCUT2D eigenvalue weighted by Gasteiger charge is 2.27. The van der Waals surface area contributed by atoms with Crippen LogP contribution >= 0.6 is 42.4 Å². The molecule has 4 N–H and O–H groups in total. The number of hydrogen-bond donors (Lipinski definition) is 2. The second kappa shape index (κ2) is 6.09. The number of hydrogen-bond acceptors (Lipinski definition) is 4. The number of halogens is 3. The van der Waals surface area contributed by atoms with Crippen LogP contribution in [0.2, 0.25) is 15.1 Å². The minimum atomic E-state index is -3.66. The summed E-state index contributed by atoms with van der Waals surface area (Å²) in [6.45, 7) is 0. The number of benzene rings is 1. The molecule has 0 unspecified atom stereocenters. The summed E-state index contributed by atoms with van der Waals surface area (Å²) in [6.07, 6.45) is 0. The molecular weight excluding hydrogens is 371 g/mol. The van der Waals surface area contributed by atoms with Crippen LogP contribution in [0.4, 0.5) is 5.88 Å². The van der Waals surface area contributed by atoms with Gasteiger partial charge in [0.05, 0.1) is 15.6 Å². The monoisotopic (exact) mass is 379 g/mol. The quantitative estimate of drug-likeness (QED) is 0.615. The van der Waals surface area contributed by atoms with Crippen LogP contribution in [-0.4, -0.2) is 12.0 Å². The molecule has 2 rings (SSSR count). The van der Waals surface area contributed by atoms with Crippen LogP contribution in [0.15, 0.2) is 16.5 Å². The van der Waals surface area contributed by atoms with E-state index in [2.05, 4.69) is 4.98 Å².